The molecule has 2 aromatic rings. The van der Waals surface area contributed by atoms with Gasteiger partial charge in [-0.2, -0.15) is 0 Å². The number of hydrogen-bond donors (Lipinski definition) is 1. The Morgan fingerprint density at radius 1 is 0.981 bits per heavy atom. The molecule has 0 saturated carbocycles. The van der Waals surface area contributed by atoms with E-state index in [9.17, 15) is 19.2 Å². The molecule has 3 heterocycles. The normalized spacial score (nSPS) is 21.8. The van der Waals surface area contributed by atoms with Crippen molar-refractivity contribution in [2.24, 2.45) is 22.7 Å². The van der Waals surface area contributed by atoms with Crippen molar-refractivity contribution in [3.05, 3.63) is 58.6 Å². The van der Waals surface area contributed by atoms with E-state index >= 15 is 0 Å². The van der Waals surface area contributed by atoms with Crippen molar-refractivity contribution in [1.82, 2.24) is 15.1 Å². The van der Waals surface area contributed by atoms with Gasteiger partial charge in [-0.3, -0.25) is 29.1 Å². The molecular weight excluding hydrogens is 704 g/mol. The fourth-order valence-corrected chi connectivity index (χ4v) is 8.13. The average molecular weight is 763 g/mol. The molecular formula is C43H59ClN4O6. The number of carbonyl (C=O) groups is 4. The van der Waals surface area contributed by atoms with Crippen molar-refractivity contribution in [2.45, 2.75) is 103 Å². The Bertz CT molecular complexity index is 1650. The topological polar surface area (TPSA) is 118 Å². The Labute approximate surface area is 326 Å². The molecule has 54 heavy (non-hydrogen) atoms. The lowest BCUT2D eigenvalue weighted by Gasteiger charge is -2.29. The third kappa shape index (κ3) is 11.4. The molecule has 294 valence electrons. The predicted molar refractivity (Wildman–Crippen MR) is 213 cm³/mol. The van der Waals surface area contributed by atoms with Gasteiger partial charge in [-0.15, -0.1) is 0 Å². The van der Waals surface area contributed by atoms with Crippen molar-refractivity contribution in [1.29, 1.82) is 0 Å². The number of fused-ring (bicyclic) bond motifs is 1. The van der Waals surface area contributed by atoms with Crippen LogP contribution in [0.3, 0.4) is 0 Å². The summed E-state index contributed by atoms with van der Waals surface area (Å²) in [5.74, 6) is 0.0818. The Hall–Kier alpha value is -3.76. The van der Waals surface area contributed by atoms with E-state index in [1.165, 1.54) is 0 Å². The van der Waals surface area contributed by atoms with E-state index in [1.54, 1.807) is 19.2 Å². The number of ketones is 1. The number of esters is 1. The zero-order valence-corrected chi connectivity index (χ0v) is 33.6. The van der Waals surface area contributed by atoms with Gasteiger partial charge in [0.05, 0.1) is 23.4 Å². The average Bonchev–Trinajstić information content (AvgIpc) is 3.63. The van der Waals surface area contributed by atoms with E-state index in [4.69, 9.17) is 26.1 Å². The molecule has 2 amide bonds. The summed E-state index contributed by atoms with van der Waals surface area (Å²) in [7, 11) is 1.63. The molecule has 2 saturated heterocycles. The van der Waals surface area contributed by atoms with Gasteiger partial charge in [0.15, 0.2) is 5.78 Å². The Kier molecular flexibility index (Phi) is 14.7. The van der Waals surface area contributed by atoms with Crippen LogP contribution in [0.2, 0.25) is 5.02 Å². The number of ether oxygens (including phenoxy) is 2. The number of nitrogens with zero attached hydrogens (tertiary/aromatic N) is 3. The highest BCUT2D eigenvalue weighted by molar-refractivity contribution is 6.31. The Balaban J connectivity index is 1.27. The summed E-state index contributed by atoms with van der Waals surface area (Å²) in [6.45, 7) is 11.9. The van der Waals surface area contributed by atoms with E-state index in [1.807, 2.05) is 56.0 Å². The van der Waals surface area contributed by atoms with Gasteiger partial charge < -0.3 is 19.7 Å². The van der Waals surface area contributed by atoms with Crippen molar-refractivity contribution in [2.75, 3.05) is 46.4 Å². The lowest BCUT2D eigenvalue weighted by molar-refractivity contribution is -0.160. The van der Waals surface area contributed by atoms with E-state index < -0.39 is 11.5 Å². The van der Waals surface area contributed by atoms with Crippen LogP contribution in [0, 0.1) is 17.8 Å². The monoisotopic (exact) mass is 762 g/mol. The number of aliphatic imine (C=N–C) groups is 1. The number of likely N-dealkylation sites (tertiary alicyclic amines) is 2. The third-order valence-corrected chi connectivity index (χ3v) is 11.3. The molecule has 0 aliphatic carbocycles. The molecule has 0 radical (unpaired) electrons. The number of benzene rings is 2. The number of halogens is 1. The zero-order valence-electron chi connectivity index (χ0n) is 32.8. The largest absolute Gasteiger partial charge is 0.492 e. The number of nitrogens with one attached hydrogen (secondary N) is 1. The predicted octanol–water partition coefficient (Wildman–Crippen LogP) is 7.79. The fourth-order valence-electron chi connectivity index (χ4n) is 7.96. The van der Waals surface area contributed by atoms with Gasteiger partial charge in [-0.05, 0) is 127 Å². The van der Waals surface area contributed by atoms with Gasteiger partial charge >= 0.3 is 5.97 Å². The van der Waals surface area contributed by atoms with Crippen LogP contribution >= 0.6 is 11.6 Å². The van der Waals surface area contributed by atoms with Crippen LogP contribution in [0.5, 0.6) is 5.75 Å². The maximum absolute atomic E-state index is 14.3. The summed E-state index contributed by atoms with van der Waals surface area (Å²) in [5.41, 5.74) is 2.60. The molecule has 10 nitrogen and oxygen atoms in total. The summed E-state index contributed by atoms with van der Waals surface area (Å²) >= 11 is 6.26. The summed E-state index contributed by atoms with van der Waals surface area (Å²) < 4.78 is 11.9. The number of hydrogen-bond acceptors (Lipinski definition) is 8. The van der Waals surface area contributed by atoms with E-state index in [0.717, 1.165) is 68.8 Å². The summed E-state index contributed by atoms with van der Waals surface area (Å²) in [6.07, 6.45) is 7.45. The highest BCUT2D eigenvalue weighted by atomic mass is 35.5. The van der Waals surface area contributed by atoms with E-state index in [2.05, 4.69) is 17.1 Å². The first-order valence-electron chi connectivity index (χ1n) is 19.9. The van der Waals surface area contributed by atoms with Crippen LogP contribution in [-0.4, -0.2) is 91.1 Å². The number of amides is 2. The first kappa shape index (κ1) is 41.4. The molecule has 4 atom stereocenters. The molecule has 3 unspecified atom stereocenters. The lowest BCUT2D eigenvalue weighted by Crippen LogP contribution is -2.36. The lowest BCUT2D eigenvalue weighted by atomic mass is 9.85. The molecule has 11 heteroatoms. The zero-order chi connectivity index (χ0) is 38.8. The second kappa shape index (κ2) is 19.2. The molecule has 0 bridgehead atoms. The summed E-state index contributed by atoms with van der Waals surface area (Å²) in [4.78, 5) is 61.7. The second-order valence-electron chi connectivity index (χ2n) is 16.1. The van der Waals surface area contributed by atoms with E-state index in [0.29, 0.717) is 68.1 Å². The van der Waals surface area contributed by atoms with Crippen LogP contribution < -0.4 is 10.1 Å². The minimum atomic E-state index is -0.480. The fraction of sp³-hybridized carbons (Fsp3) is 0.605. The first-order chi connectivity index (χ1) is 25.8. The van der Waals surface area contributed by atoms with Gasteiger partial charge in [0, 0.05) is 49.4 Å². The van der Waals surface area contributed by atoms with Crippen LogP contribution in [-0.2, 0) is 19.1 Å². The first-order valence-corrected chi connectivity index (χ1v) is 20.3. The van der Waals surface area contributed by atoms with Crippen molar-refractivity contribution >= 4 is 46.6 Å². The van der Waals surface area contributed by atoms with Crippen molar-refractivity contribution in [3.8, 4) is 5.75 Å². The summed E-state index contributed by atoms with van der Waals surface area (Å²) in [5, 5.41) is 3.25. The van der Waals surface area contributed by atoms with Crippen molar-refractivity contribution < 1.29 is 28.7 Å². The molecule has 3 aliphatic heterocycles. The molecule has 2 fully saturated rings. The molecule has 2 aromatic carbocycles. The Morgan fingerprint density at radius 3 is 2.46 bits per heavy atom. The number of carbonyl (C=O) groups excluding carboxylic acids is 4. The molecule has 1 N–H and O–H groups in total. The highest BCUT2D eigenvalue weighted by Crippen LogP contribution is 2.34. The van der Waals surface area contributed by atoms with Gasteiger partial charge in [-0.1, -0.05) is 37.1 Å². The Morgan fingerprint density at radius 2 is 1.74 bits per heavy atom. The maximum Gasteiger partial charge on any atom is 0.309 e. The van der Waals surface area contributed by atoms with Crippen LogP contribution in [0.25, 0.3) is 0 Å². The maximum atomic E-state index is 14.3. The molecule has 5 rings (SSSR count). The van der Waals surface area contributed by atoms with Gasteiger partial charge in [0.2, 0.25) is 11.8 Å². The SMILES string of the molecule is CCC1CCC(=O)c2cc(Cl)ccc2N=C1CCC(C(=O)N1CC[C@H](C(=O)NC)C1)c1ccc(OCCN2CCCCC(C(=O)OC(C)(C)C)CC2)cc1. The number of rotatable bonds is 12. The van der Waals surface area contributed by atoms with Crippen LogP contribution in [0.1, 0.15) is 114 Å². The summed E-state index contributed by atoms with van der Waals surface area (Å²) in [6, 6.07) is 13.1. The van der Waals surface area contributed by atoms with Gasteiger partial charge in [0.1, 0.15) is 18.0 Å². The van der Waals surface area contributed by atoms with E-state index in [-0.39, 0.29) is 41.3 Å². The minimum absolute atomic E-state index is 0.0127. The second-order valence-corrected chi connectivity index (χ2v) is 16.5. The van der Waals surface area contributed by atoms with Crippen molar-refractivity contribution in [3.63, 3.8) is 0 Å². The molecule has 0 aromatic heterocycles. The smallest absolute Gasteiger partial charge is 0.309 e. The van der Waals surface area contributed by atoms with Gasteiger partial charge in [-0.25, -0.2) is 0 Å². The molecule has 3 aliphatic rings. The number of Topliss-reactive ketones (excluding diaryl/α,β-unsaturated/α-hetero) is 1. The third-order valence-electron chi connectivity index (χ3n) is 11.1. The van der Waals surface area contributed by atoms with Crippen LogP contribution in [0.4, 0.5) is 5.69 Å². The van der Waals surface area contributed by atoms with Crippen LogP contribution in [0.15, 0.2) is 47.5 Å². The minimum Gasteiger partial charge on any atom is -0.492 e. The van der Waals surface area contributed by atoms with Gasteiger partial charge in [0.25, 0.3) is 0 Å². The standard InChI is InChI=1S/C43H59ClN4O6/c1-6-29-12-19-39(49)36-27-33(44)13-17-38(36)46-37(29)18-16-35(41(51)48-24-21-32(28-48)40(50)45-5)30-10-14-34(15-11-30)53-26-25-47-22-8-7-9-31(20-23-47)42(52)54-43(2,3)4/h10-11,13-15,17,27,29,31-32,35H,6-9,12,16,18-26,28H2,1-5H3,(H,45,50)/t29?,31?,32-,35?/m0/s1. The quantitative estimate of drug-likeness (QED) is 0.220. The highest BCUT2D eigenvalue weighted by Gasteiger charge is 2.35. The molecule has 0 spiro atoms.